The normalized spacial score (nSPS) is 30.5. The minimum Gasteiger partial charge on any atom is -0.466 e. The smallest absolute Gasteiger partial charge is 0.305 e. The molecule has 1 saturated carbocycles. The number of carbonyl (C=O) groups excluding carboxylic acids is 1. The van der Waals surface area contributed by atoms with Gasteiger partial charge in [0.15, 0.2) is 0 Å². The first-order valence-corrected chi connectivity index (χ1v) is 8.50. The van der Waals surface area contributed by atoms with Crippen LogP contribution < -0.4 is 0 Å². The molecule has 1 aliphatic carbocycles. The van der Waals surface area contributed by atoms with E-state index in [1.807, 2.05) is 6.92 Å². The lowest BCUT2D eigenvalue weighted by atomic mass is 9.61. The van der Waals surface area contributed by atoms with Gasteiger partial charge < -0.3 is 9.84 Å². The summed E-state index contributed by atoms with van der Waals surface area (Å²) in [5.41, 5.74) is 0.106. The summed E-state index contributed by atoms with van der Waals surface area (Å²) in [5.74, 6) is 1.57. The zero-order valence-corrected chi connectivity index (χ0v) is 14.7. The third-order valence-electron chi connectivity index (χ3n) is 5.07. The third-order valence-corrected chi connectivity index (χ3v) is 5.07. The minimum absolute atomic E-state index is 0.0861. The molecule has 4 unspecified atom stereocenters. The molecule has 1 fully saturated rings. The molecule has 0 heterocycles. The van der Waals surface area contributed by atoms with E-state index in [1.54, 1.807) is 0 Å². The summed E-state index contributed by atoms with van der Waals surface area (Å²) < 4.78 is 5.03. The van der Waals surface area contributed by atoms with Crippen LogP contribution in [0, 0.1) is 29.1 Å². The highest BCUT2D eigenvalue weighted by Crippen LogP contribution is 2.46. The Hall–Kier alpha value is -0.570. The Morgan fingerprint density at radius 3 is 2.38 bits per heavy atom. The van der Waals surface area contributed by atoms with Crippen molar-refractivity contribution in [1.29, 1.82) is 0 Å². The standard InChI is InChI=1S/C18H34O3/c1-7-21-16(19)9-8-13-10-14(12(2)3)17(20)15(11-13)18(4,5)6/h12-15,17,20H,7-11H2,1-6H3. The first kappa shape index (κ1) is 18.5. The van der Waals surface area contributed by atoms with Crippen LogP contribution in [0.4, 0.5) is 0 Å². The second-order valence-electron chi connectivity index (χ2n) is 8.05. The molecule has 21 heavy (non-hydrogen) atoms. The second kappa shape index (κ2) is 7.62. The zero-order valence-electron chi connectivity index (χ0n) is 14.7. The van der Waals surface area contributed by atoms with Gasteiger partial charge in [0.25, 0.3) is 0 Å². The van der Waals surface area contributed by atoms with E-state index in [4.69, 9.17) is 4.74 Å². The van der Waals surface area contributed by atoms with Gasteiger partial charge in [-0.3, -0.25) is 4.79 Å². The highest BCUT2D eigenvalue weighted by molar-refractivity contribution is 5.69. The number of hydrogen-bond donors (Lipinski definition) is 1. The Labute approximate surface area is 130 Å². The van der Waals surface area contributed by atoms with Crippen molar-refractivity contribution in [3.05, 3.63) is 0 Å². The Morgan fingerprint density at radius 1 is 1.29 bits per heavy atom. The Balaban J connectivity index is 2.71. The Kier molecular flexibility index (Phi) is 6.71. The second-order valence-corrected chi connectivity index (χ2v) is 8.05. The fourth-order valence-corrected chi connectivity index (χ4v) is 3.74. The van der Waals surface area contributed by atoms with Gasteiger partial charge in [-0.05, 0) is 55.3 Å². The fourth-order valence-electron chi connectivity index (χ4n) is 3.74. The SMILES string of the molecule is CCOC(=O)CCC1CC(C(C)C)C(O)C(C(C)(C)C)C1. The van der Waals surface area contributed by atoms with Crippen LogP contribution in [0.25, 0.3) is 0 Å². The van der Waals surface area contributed by atoms with Crippen molar-refractivity contribution in [3.8, 4) is 0 Å². The number of carbonyl (C=O) groups is 1. The van der Waals surface area contributed by atoms with Gasteiger partial charge in [-0.25, -0.2) is 0 Å². The molecule has 0 aromatic carbocycles. The summed E-state index contributed by atoms with van der Waals surface area (Å²) in [5, 5.41) is 10.7. The van der Waals surface area contributed by atoms with Crippen LogP contribution in [-0.2, 0) is 9.53 Å². The highest BCUT2D eigenvalue weighted by atomic mass is 16.5. The summed E-state index contributed by atoms with van der Waals surface area (Å²) in [6.45, 7) is 13.3. The molecular formula is C18H34O3. The van der Waals surface area contributed by atoms with Gasteiger partial charge in [0.2, 0.25) is 0 Å². The predicted molar refractivity (Wildman–Crippen MR) is 85.9 cm³/mol. The van der Waals surface area contributed by atoms with Gasteiger partial charge in [0, 0.05) is 6.42 Å². The maximum Gasteiger partial charge on any atom is 0.305 e. The number of aliphatic hydroxyl groups excluding tert-OH is 1. The molecule has 3 heteroatoms. The fraction of sp³-hybridized carbons (Fsp3) is 0.944. The van der Waals surface area contributed by atoms with E-state index in [0.717, 1.165) is 19.3 Å². The van der Waals surface area contributed by atoms with E-state index in [0.29, 0.717) is 36.7 Å². The molecule has 1 aliphatic rings. The van der Waals surface area contributed by atoms with Gasteiger partial charge in [-0.1, -0.05) is 34.6 Å². The number of aliphatic hydroxyl groups is 1. The monoisotopic (exact) mass is 298 g/mol. The van der Waals surface area contributed by atoms with E-state index in [1.165, 1.54) is 0 Å². The van der Waals surface area contributed by atoms with Crippen molar-refractivity contribution in [3.63, 3.8) is 0 Å². The molecule has 0 radical (unpaired) electrons. The lowest BCUT2D eigenvalue weighted by molar-refractivity contribution is -0.143. The van der Waals surface area contributed by atoms with Crippen LogP contribution in [0.2, 0.25) is 0 Å². The summed E-state index contributed by atoms with van der Waals surface area (Å²) in [6, 6.07) is 0. The van der Waals surface area contributed by atoms with Crippen molar-refractivity contribution in [2.45, 2.75) is 73.3 Å². The van der Waals surface area contributed by atoms with E-state index in [2.05, 4.69) is 34.6 Å². The van der Waals surface area contributed by atoms with Crippen LogP contribution in [0.15, 0.2) is 0 Å². The van der Waals surface area contributed by atoms with Crippen LogP contribution in [-0.4, -0.2) is 23.8 Å². The Bertz CT molecular complexity index is 330. The van der Waals surface area contributed by atoms with Gasteiger partial charge in [0.05, 0.1) is 12.7 Å². The molecule has 0 amide bonds. The first-order valence-electron chi connectivity index (χ1n) is 8.50. The summed E-state index contributed by atoms with van der Waals surface area (Å²) >= 11 is 0. The molecule has 3 nitrogen and oxygen atoms in total. The van der Waals surface area contributed by atoms with Crippen LogP contribution in [0.5, 0.6) is 0 Å². The van der Waals surface area contributed by atoms with Crippen molar-refractivity contribution in [1.82, 2.24) is 0 Å². The molecule has 1 N–H and O–H groups in total. The molecular weight excluding hydrogens is 264 g/mol. The van der Waals surface area contributed by atoms with Crippen molar-refractivity contribution in [2.75, 3.05) is 6.61 Å². The third kappa shape index (κ3) is 5.28. The average molecular weight is 298 g/mol. The lowest BCUT2D eigenvalue weighted by Gasteiger charge is -2.46. The number of hydrogen-bond acceptors (Lipinski definition) is 3. The first-order chi connectivity index (χ1) is 9.66. The minimum atomic E-state index is -0.219. The molecule has 0 spiro atoms. The maximum absolute atomic E-state index is 11.6. The molecule has 0 aromatic heterocycles. The molecule has 0 aliphatic heterocycles. The van der Waals surface area contributed by atoms with Gasteiger partial charge in [0.1, 0.15) is 0 Å². The average Bonchev–Trinajstić information content (AvgIpc) is 2.36. The lowest BCUT2D eigenvalue weighted by Crippen LogP contribution is -2.45. The predicted octanol–water partition coefficient (Wildman–Crippen LogP) is 4.04. The van der Waals surface area contributed by atoms with Crippen molar-refractivity contribution >= 4 is 5.97 Å². The Morgan fingerprint density at radius 2 is 1.90 bits per heavy atom. The summed E-state index contributed by atoms with van der Waals surface area (Å²) in [6.07, 6.45) is 3.24. The number of ether oxygens (including phenoxy) is 1. The number of esters is 1. The maximum atomic E-state index is 11.6. The molecule has 4 atom stereocenters. The summed E-state index contributed by atoms with van der Waals surface area (Å²) in [4.78, 5) is 11.6. The van der Waals surface area contributed by atoms with E-state index >= 15 is 0 Å². The topological polar surface area (TPSA) is 46.5 Å². The molecule has 0 saturated heterocycles. The van der Waals surface area contributed by atoms with Gasteiger partial charge in [-0.2, -0.15) is 0 Å². The largest absolute Gasteiger partial charge is 0.466 e. The van der Waals surface area contributed by atoms with Crippen LogP contribution in [0.3, 0.4) is 0 Å². The molecule has 0 bridgehead atoms. The quantitative estimate of drug-likeness (QED) is 0.779. The van der Waals surface area contributed by atoms with E-state index in [9.17, 15) is 9.90 Å². The highest BCUT2D eigenvalue weighted by Gasteiger charge is 2.42. The zero-order chi connectivity index (χ0) is 16.2. The summed E-state index contributed by atoms with van der Waals surface area (Å²) in [7, 11) is 0. The van der Waals surface area contributed by atoms with Gasteiger partial charge in [-0.15, -0.1) is 0 Å². The molecule has 1 rings (SSSR count). The van der Waals surface area contributed by atoms with Crippen molar-refractivity contribution in [2.24, 2.45) is 29.1 Å². The molecule has 124 valence electrons. The van der Waals surface area contributed by atoms with Crippen LogP contribution in [0.1, 0.15) is 67.2 Å². The van der Waals surface area contributed by atoms with Gasteiger partial charge >= 0.3 is 5.97 Å². The van der Waals surface area contributed by atoms with Crippen LogP contribution >= 0.6 is 0 Å². The van der Waals surface area contributed by atoms with E-state index in [-0.39, 0.29) is 17.5 Å². The van der Waals surface area contributed by atoms with Crippen molar-refractivity contribution < 1.29 is 14.6 Å². The molecule has 0 aromatic rings. The number of rotatable bonds is 5. The van der Waals surface area contributed by atoms with E-state index < -0.39 is 0 Å².